The van der Waals surface area contributed by atoms with E-state index in [1.807, 2.05) is 19.9 Å². The minimum absolute atomic E-state index is 0.206. The number of amides is 1. The van der Waals surface area contributed by atoms with Crippen molar-refractivity contribution in [2.24, 2.45) is 7.05 Å². The summed E-state index contributed by atoms with van der Waals surface area (Å²) in [5.74, 6) is -0.206. The van der Waals surface area contributed by atoms with E-state index in [0.29, 0.717) is 16.9 Å². The lowest BCUT2D eigenvalue weighted by atomic mass is 10.1. The van der Waals surface area contributed by atoms with Gasteiger partial charge < -0.3 is 11.1 Å². The van der Waals surface area contributed by atoms with E-state index in [4.69, 9.17) is 5.73 Å². The number of halogens is 1. The summed E-state index contributed by atoms with van der Waals surface area (Å²) in [7, 11) is 1.80. The molecule has 1 amide bonds. The van der Waals surface area contributed by atoms with Gasteiger partial charge in [0.1, 0.15) is 0 Å². The molecule has 0 saturated carbocycles. The Hall–Kier alpha value is -1.82. The quantitative estimate of drug-likeness (QED) is 0.835. The molecule has 0 atom stereocenters. The maximum absolute atomic E-state index is 12.2. The molecular formula is C13H15BrN4O. The zero-order chi connectivity index (χ0) is 14.2. The van der Waals surface area contributed by atoms with Gasteiger partial charge in [-0.05, 0) is 31.5 Å². The fourth-order valence-corrected chi connectivity index (χ4v) is 2.43. The Kier molecular flexibility index (Phi) is 3.61. The number of hydrogen-bond acceptors (Lipinski definition) is 3. The predicted molar refractivity (Wildman–Crippen MR) is 79.2 cm³/mol. The van der Waals surface area contributed by atoms with E-state index in [2.05, 4.69) is 26.3 Å². The van der Waals surface area contributed by atoms with Gasteiger partial charge in [-0.2, -0.15) is 5.10 Å². The summed E-state index contributed by atoms with van der Waals surface area (Å²) in [6, 6.07) is 3.67. The van der Waals surface area contributed by atoms with Crippen molar-refractivity contribution in [2.75, 3.05) is 11.1 Å². The third-order valence-corrected chi connectivity index (χ3v) is 3.51. The van der Waals surface area contributed by atoms with Gasteiger partial charge in [-0.1, -0.05) is 15.9 Å². The third-order valence-electron chi connectivity index (χ3n) is 3.05. The van der Waals surface area contributed by atoms with E-state index in [9.17, 15) is 4.79 Å². The lowest BCUT2D eigenvalue weighted by molar-refractivity contribution is 0.102. The number of nitrogens with one attached hydrogen (secondary N) is 1. The highest BCUT2D eigenvalue weighted by atomic mass is 79.9. The molecule has 0 fully saturated rings. The molecule has 19 heavy (non-hydrogen) atoms. The number of nitrogen functional groups attached to an aromatic ring is 1. The van der Waals surface area contributed by atoms with E-state index in [1.54, 1.807) is 24.0 Å². The number of benzene rings is 1. The number of hydrogen-bond donors (Lipinski definition) is 2. The van der Waals surface area contributed by atoms with Crippen LogP contribution in [0.15, 0.2) is 22.8 Å². The average Bonchev–Trinajstić information content (AvgIpc) is 2.64. The number of aromatic nitrogens is 2. The summed E-state index contributed by atoms with van der Waals surface area (Å²) in [6.07, 6.45) is 1.55. The fraction of sp³-hybridized carbons (Fsp3) is 0.231. The second-order valence-electron chi connectivity index (χ2n) is 4.41. The molecule has 2 aromatic rings. The van der Waals surface area contributed by atoms with Crippen LogP contribution in [0.25, 0.3) is 0 Å². The van der Waals surface area contributed by atoms with Crippen LogP contribution in [0.2, 0.25) is 0 Å². The molecule has 0 unspecified atom stereocenters. The molecule has 6 heteroatoms. The van der Waals surface area contributed by atoms with Crippen molar-refractivity contribution in [3.05, 3.63) is 39.6 Å². The number of rotatable bonds is 2. The Labute approximate surface area is 119 Å². The van der Waals surface area contributed by atoms with E-state index in [-0.39, 0.29) is 5.91 Å². The van der Waals surface area contributed by atoms with Gasteiger partial charge in [0.25, 0.3) is 5.91 Å². The van der Waals surface area contributed by atoms with Crippen LogP contribution < -0.4 is 11.1 Å². The van der Waals surface area contributed by atoms with Crippen molar-refractivity contribution in [3.8, 4) is 0 Å². The normalized spacial score (nSPS) is 10.5. The van der Waals surface area contributed by atoms with E-state index in [0.717, 1.165) is 15.7 Å². The maximum Gasteiger partial charge on any atom is 0.259 e. The highest BCUT2D eigenvalue weighted by Crippen LogP contribution is 2.28. The smallest absolute Gasteiger partial charge is 0.259 e. The topological polar surface area (TPSA) is 72.9 Å². The number of carbonyl (C=O) groups excluding carboxylic acids is 1. The van der Waals surface area contributed by atoms with Crippen LogP contribution in [-0.2, 0) is 7.05 Å². The first-order chi connectivity index (χ1) is 8.90. The molecule has 0 aliphatic carbocycles. The number of anilines is 2. The summed E-state index contributed by atoms with van der Waals surface area (Å²) in [5.41, 5.74) is 9.35. The van der Waals surface area contributed by atoms with Crippen molar-refractivity contribution in [1.29, 1.82) is 0 Å². The maximum atomic E-state index is 12.2. The molecule has 0 spiro atoms. The Morgan fingerprint density at radius 3 is 2.63 bits per heavy atom. The number of aryl methyl sites for hydroxylation is 2. The molecule has 0 radical (unpaired) electrons. The number of nitrogens with zero attached hydrogens (tertiary/aromatic N) is 2. The van der Waals surface area contributed by atoms with Gasteiger partial charge in [0.2, 0.25) is 0 Å². The molecule has 2 rings (SSSR count). The van der Waals surface area contributed by atoms with Gasteiger partial charge in [0.05, 0.1) is 23.1 Å². The first-order valence-electron chi connectivity index (χ1n) is 5.75. The van der Waals surface area contributed by atoms with Gasteiger partial charge in [0, 0.05) is 17.2 Å². The summed E-state index contributed by atoms with van der Waals surface area (Å²) in [6.45, 7) is 3.74. The monoisotopic (exact) mass is 322 g/mol. The largest absolute Gasteiger partial charge is 0.397 e. The van der Waals surface area contributed by atoms with Crippen LogP contribution in [0.1, 0.15) is 21.6 Å². The Morgan fingerprint density at radius 1 is 1.42 bits per heavy atom. The average molecular weight is 323 g/mol. The zero-order valence-corrected chi connectivity index (χ0v) is 12.6. The van der Waals surface area contributed by atoms with Gasteiger partial charge in [-0.3, -0.25) is 9.48 Å². The molecule has 1 heterocycles. The molecule has 1 aromatic heterocycles. The van der Waals surface area contributed by atoms with E-state index >= 15 is 0 Å². The number of carbonyl (C=O) groups is 1. The van der Waals surface area contributed by atoms with Crippen LogP contribution in [0, 0.1) is 13.8 Å². The molecule has 0 aliphatic rings. The lowest BCUT2D eigenvalue weighted by Crippen LogP contribution is -2.15. The van der Waals surface area contributed by atoms with E-state index in [1.165, 1.54) is 0 Å². The Morgan fingerprint density at radius 2 is 2.11 bits per heavy atom. The lowest BCUT2D eigenvalue weighted by Gasteiger charge is -2.11. The van der Waals surface area contributed by atoms with Crippen LogP contribution in [-0.4, -0.2) is 15.7 Å². The third kappa shape index (κ3) is 2.63. The number of nitrogens with two attached hydrogens (primary N) is 1. The first kappa shape index (κ1) is 13.6. The predicted octanol–water partition coefficient (Wildman–Crippen LogP) is 2.63. The van der Waals surface area contributed by atoms with Gasteiger partial charge in [0.15, 0.2) is 0 Å². The van der Waals surface area contributed by atoms with Crippen molar-refractivity contribution >= 4 is 33.2 Å². The minimum atomic E-state index is -0.206. The Balaban J connectivity index is 2.32. The van der Waals surface area contributed by atoms with Gasteiger partial charge >= 0.3 is 0 Å². The summed E-state index contributed by atoms with van der Waals surface area (Å²) in [4.78, 5) is 12.2. The summed E-state index contributed by atoms with van der Waals surface area (Å²) >= 11 is 3.37. The molecule has 1 aromatic carbocycles. The van der Waals surface area contributed by atoms with Gasteiger partial charge in [-0.25, -0.2) is 0 Å². The van der Waals surface area contributed by atoms with Gasteiger partial charge in [-0.15, -0.1) is 0 Å². The highest BCUT2D eigenvalue weighted by Gasteiger charge is 2.15. The van der Waals surface area contributed by atoms with Crippen LogP contribution in [0.5, 0.6) is 0 Å². The Bertz CT molecular complexity index is 625. The van der Waals surface area contributed by atoms with Crippen molar-refractivity contribution in [3.63, 3.8) is 0 Å². The molecule has 100 valence electrons. The molecular weight excluding hydrogens is 308 g/mol. The second-order valence-corrected chi connectivity index (χ2v) is 5.32. The zero-order valence-electron chi connectivity index (χ0n) is 11.0. The summed E-state index contributed by atoms with van der Waals surface area (Å²) < 4.78 is 2.55. The molecule has 0 saturated heterocycles. The first-order valence-corrected chi connectivity index (χ1v) is 6.55. The SMILES string of the molecule is Cc1cc(Br)cc(N)c1NC(=O)c1cnn(C)c1C. The van der Waals surface area contributed by atoms with Crippen molar-refractivity contribution in [1.82, 2.24) is 9.78 Å². The standard InChI is InChI=1S/C13H15BrN4O/c1-7-4-9(14)5-11(15)12(7)17-13(19)10-6-16-18(3)8(10)2/h4-6H,15H2,1-3H3,(H,17,19). The molecule has 5 nitrogen and oxygen atoms in total. The second kappa shape index (κ2) is 5.05. The van der Waals surface area contributed by atoms with Crippen molar-refractivity contribution in [2.45, 2.75) is 13.8 Å². The van der Waals surface area contributed by atoms with Crippen LogP contribution >= 0.6 is 15.9 Å². The van der Waals surface area contributed by atoms with Crippen LogP contribution in [0.3, 0.4) is 0 Å². The summed E-state index contributed by atoms with van der Waals surface area (Å²) in [5, 5.41) is 6.89. The molecule has 0 aliphatic heterocycles. The van der Waals surface area contributed by atoms with Crippen LogP contribution in [0.4, 0.5) is 11.4 Å². The molecule has 0 bridgehead atoms. The fourth-order valence-electron chi connectivity index (χ4n) is 1.84. The highest BCUT2D eigenvalue weighted by molar-refractivity contribution is 9.10. The van der Waals surface area contributed by atoms with E-state index < -0.39 is 0 Å². The molecule has 3 N–H and O–H groups in total. The minimum Gasteiger partial charge on any atom is -0.397 e. The van der Waals surface area contributed by atoms with Crippen molar-refractivity contribution < 1.29 is 4.79 Å².